The molecular formula is C41H44N12O3S. The number of fused-ring (bicyclic) bond motifs is 1. The Labute approximate surface area is 334 Å². The molecule has 8 heterocycles. The lowest BCUT2D eigenvalue weighted by Crippen LogP contribution is -2.60. The zero-order valence-corrected chi connectivity index (χ0v) is 32.6. The van der Waals surface area contributed by atoms with E-state index in [9.17, 15) is 19.6 Å². The third-order valence-electron chi connectivity index (χ3n) is 12.1. The van der Waals surface area contributed by atoms with E-state index >= 15 is 0 Å². The Morgan fingerprint density at radius 1 is 0.982 bits per heavy atom. The van der Waals surface area contributed by atoms with Crippen LogP contribution >= 0.6 is 11.3 Å². The Balaban J connectivity index is 0.731. The molecule has 5 aromatic rings. The number of nitriles is 1. The second-order valence-electron chi connectivity index (χ2n) is 15.8. The normalized spacial score (nSPS) is 20.0. The number of benzene rings is 1. The number of nitrogens with one attached hydrogen (secondary N) is 3. The molecule has 15 nitrogen and oxygen atoms in total. The van der Waals surface area contributed by atoms with Crippen LogP contribution < -0.4 is 25.8 Å². The van der Waals surface area contributed by atoms with Crippen LogP contribution in [-0.2, 0) is 9.59 Å². The fourth-order valence-electron chi connectivity index (χ4n) is 8.74. The molecule has 1 unspecified atom stereocenters. The molecule has 0 saturated carbocycles. The van der Waals surface area contributed by atoms with E-state index in [2.05, 4.69) is 52.0 Å². The van der Waals surface area contributed by atoms with Crippen molar-refractivity contribution >= 4 is 51.1 Å². The summed E-state index contributed by atoms with van der Waals surface area (Å²) < 4.78 is 1.79. The summed E-state index contributed by atoms with van der Waals surface area (Å²) >= 11 is 1.61. The van der Waals surface area contributed by atoms with Crippen LogP contribution in [0.3, 0.4) is 0 Å². The summed E-state index contributed by atoms with van der Waals surface area (Å²) in [6.07, 6.45) is 8.65. The SMILES string of the molecule is CNc1cc(-c2ccc3cc(C#N)cnn23)ncc1-c1nnc(N2CC3(CCN(CC4CCN(c5ccc(C(=O)NC6CCC(=O)NC6=O)cc5)CC4)CC3)C2)s1. The molecule has 4 aliphatic rings. The minimum absolute atomic E-state index is 0.229. The summed E-state index contributed by atoms with van der Waals surface area (Å²) in [7, 11) is 1.90. The first-order valence-corrected chi connectivity index (χ1v) is 20.4. The van der Waals surface area contributed by atoms with Gasteiger partial charge in [-0.05, 0) is 99.6 Å². The minimum Gasteiger partial charge on any atom is -0.387 e. The van der Waals surface area contributed by atoms with E-state index in [1.165, 1.54) is 12.8 Å². The number of imide groups is 1. The molecule has 4 fully saturated rings. The van der Waals surface area contributed by atoms with E-state index in [1.54, 1.807) is 22.0 Å². The first-order valence-electron chi connectivity index (χ1n) is 19.6. The number of anilines is 3. The quantitative estimate of drug-likeness (QED) is 0.182. The van der Waals surface area contributed by atoms with E-state index in [-0.39, 0.29) is 18.2 Å². The number of nitrogens with zero attached hydrogens (tertiary/aromatic N) is 9. The fraction of sp³-hybridized carbons (Fsp3) is 0.415. The fourth-order valence-corrected chi connectivity index (χ4v) is 9.61. The first kappa shape index (κ1) is 36.7. The second-order valence-corrected chi connectivity index (χ2v) is 16.7. The van der Waals surface area contributed by atoms with E-state index in [0.717, 1.165) is 103 Å². The van der Waals surface area contributed by atoms with Crippen molar-refractivity contribution < 1.29 is 14.4 Å². The highest BCUT2D eigenvalue weighted by atomic mass is 32.1. The summed E-state index contributed by atoms with van der Waals surface area (Å²) in [6, 6.07) is 16.8. The van der Waals surface area contributed by atoms with Crippen LogP contribution in [0.25, 0.3) is 27.5 Å². The van der Waals surface area contributed by atoms with Gasteiger partial charge in [0.2, 0.25) is 16.9 Å². The Bertz CT molecular complexity index is 2360. The molecule has 3 N–H and O–H groups in total. The van der Waals surface area contributed by atoms with Gasteiger partial charge in [-0.25, -0.2) is 4.52 Å². The van der Waals surface area contributed by atoms with Gasteiger partial charge >= 0.3 is 0 Å². The average molecular weight is 785 g/mol. The van der Waals surface area contributed by atoms with Gasteiger partial charge in [0.15, 0.2) is 5.01 Å². The number of hydrogen-bond donors (Lipinski definition) is 3. The number of pyridine rings is 1. The van der Waals surface area contributed by atoms with Gasteiger partial charge in [-0.3, -0.25) is 24.7 Å². The van der Waals surface area contributed by atoms with Crippen LogP contribution in [0.5, 0.6) is 0 Å². The first-order chi connectivity index (χ1) is 27.8. The molecule has 4 saturated heterocycles. The summed E-state index contributed by atoms with van der Waals surface area (Å²) in [5.41, 5.74) is 6.75. The van der Waals surface area contributed by atoms with E-state index in [1.807, 2.05) is 61.8 Å². The van der Waals surface area contributed by atoms with Crippen LogP contribution in [0.2, 0.25) is 0 Å². The lowest BCUT2D eigenvalue weighted by Gasteiger charge is -2.54. The van der Waals surface area contributed by atoms with Crippen LogP contribution in [-0.4, -0.2) is 106 Å². The van der Waals surface area contributed by atoms with Gasteiger partial charge in [0.1, 0.15) is 12.1 Å². The number of aromatic nitrogens is 5. The van der Waals surface area contributed by atoms with Crippen molar-refractivity contribution in [2.24, 2.45) is 11.3 Å². The zero-order valence-electron chi connectivity index (χ0n) is 31.8. The largest absolute Gasteiger partial charge is 0.387 e. The molecule has 4 aliphatic heterocycles. The summed E-state index contributed by atoms with van der Waals surface area (Å²) in [5, 5.41) is 33.0. The number of hydrogen-bond acceptors (Lipinski definition) is 13. The maximum absolute atomic E-state index is 12.7. The molecule has 0 radical (unpaired) electrons. The smallest absolute Gasteiger partial charge is 0.251 e. The summed E-state index contributed by atoms with van der Waals surface area (Å²) in [5.74, 6) is -0.374. The number of likely N-dealkylation sites (tertiary alicyclic amines) is 1. The zero-order chi connectivity index (χ0) is 39.1. The van der Waals surface area contributed by atoms with E-state index in [4.69, 9.17) is 4.98 Å². The third-order valence-corrected chi connectivity index (χ3v) is 13.1. The van der Waals surface area contributed by atoms with Crippen molar-refractivity contribution in [2.45, 2.75) is 44.6 Å². The lowest BCUT2D eigenvalue weighted by atomic mass is 9.72. The third kappa shape index (κ3) is 7.40. The topological polar surface area (TPSA) is 177 Å². The Morgan fingerprint density at radius 3 is 2.51 bits per heavy atom. The molecule has 1 spiro atoms. The molecule has 3 amide bonds. The summed E-state index contributed by atoms with van der Waals surface area (Å²) in [4.78, 5) is 48.4. The monoisotopic (exact) mass is 784 g/mol. The highest BCUT2D eigenvalue weighted by Crippen LogP contribution is 2.45. The van der Waals surface area contributed by atoms with Gasteiger partial charge in [0.25, 0.3) is 5.91 Å². The van der Waals surface area contributed by atoms with Crippen LogP contribution in [0.15, 0.2) is 60.9 Å². The maximum Gasteiger partial charge on any atom is 0.251 e. The molecule has 0 aliphatic carbocycles. The Hall–Kier alpha value is -5.92. The van der Waals surface area contributed by atoms with Gasteiger partial charge in [-0.15, -0.1) is 10.2 Å². The number of amides is 3. The predicted molar refractivity (Wildman–Crippen MR) is 217 cm³/mol. The van der Waals surface area contributed by atoms with Crippen LogP contribution in [0.1, 0.15) is 54.4 Å². The van der Waals surface area contributed by atoms with Crippen LogP contribution in [0.4, 0.5) is 16.5 Å². The maximum atomic E-state index is 12.7. The minimum atomic E-state index is -0.681. The number of piperidine rings is 3. The summed E-state index contributed by atoms with van der Waals surface area (Å²) in [6.45, 7) is 7.43. The molecule has 4 aromatic heterocycles. The Morgan fingerprint density at radius 2 is 1.77 bits per heavy atom. The van der Waals surface area contributed by atoms with Gasteiger partial charge in [0.05, 0.1) is 34.2 Å². The molecule has 1 atom stereocenters. The lowest BCUT2D eigenvalue weighted by molar-refractivity contribution is -0.134. The molecule has 292 valence electrons. The molecule has 16 heteroatoms. The highest BCUT2D eigenvalue weighted by molar-refractivity contribution is 7.18. The molecule has 9 rings (SSSR count). The van der Waals surface area contributed by atoms with Crippen molar-refractivity contribution in [1.29, 1.82) is 5.26 Å². The number of carbonyl (C=O) groups is 3. The standard InChI is InChI=1S/C41H44N12O3S/c1-43-33-19-34(35-8-6-30-18-27(20-42)21-45-53(30)35)44-22-31(33)39-48-49-40(57-39)52-24-41(25-52)12-16-50(17-13-41)23-26-10-14-51(15-11-26)29-4-2-28(3-5-29)37(55)46-32-7-9-36(54)47-38(32)56/h2-6,8,18-19,21-22,26,32H,7,9-17,23-25H2,1H3,(H,43,44)(H,46,55)(H,47,54,56). The van der Waals surface area contributed by atoms with Gasteiger partial charge < -0.3 is 25.3 Å². The predicted octanol–water partition coefficient (Wildman–Crippen LogP) is 4.18. The molecular weight excluding hydrogens is 741 g/mol. The van der Waals surface area contributed by atoms with Crippen molar-refractivity contribution in [3.05, 3.63) is 72.1 Å². The molecule has 0 bridgehead atoms. The Kier molecular flexibility index (Phi) is 9.79. The van der Waals surface area contributed by atoms with Gasteiger partial charge in [-0.1, -0.05) is 11.3 Å². The number of rotatable bonds is 9. The second kappa shape index (κ2) is 15.2. The van der Waals surface area contributed by atoms with Crippen molar-refractivity contribution in [3.8, 4) is 28.0 Å². The van der Waals surface area contributed by atoms with Gasteiger partial charge in [0, 0.05) is 74.7 Å². The van der Waals surface area contributed by atoms with Gasteiger partial charge in [-0.2, -0.15) is 10.4 Å². The van der Waals surface area contributed by atoms with Crippen molar-refractivity contribution in [3.63, 3.8) is 0 Å². The average Bonchev–Trinajstić information content (AvgIpc) is 3.89. The van der Waals surface area contributed by atoms with E-state index in [0.29, 0.717) is 28.9 Å². The van der Waals surface area contributed by atoms with E-state index < -0.39 is 11.9 Å². The van der Waals surface area contributed by atoms with Crippen LogP contribution in [0, 0.1) is 22.7 Å². The van der Waals surface area contributed by atoms with Crippen molar-refractivity contribution in [1.82, 2.24) is 40.3 Å². The highest BCUT2D eigenvalue weighted by Gasteiger charge is 2.46. The number of carbonyl (C=O) groups excluding carboxylic acids is 3. The molecule has 1 aromatic carbocycles. The molecule has 57 heavy (non-hydrogen) atoms. The van der Waals surface area contributed by atoms with Crippen molar-refractivity contribution in [2.75, 3.05) is 68.0 Å².